The van der Waals surface area contributed by atoms with Crippen molar-refractivity contribution >= 4 is 5.91 Å². The molecular weight excluding hydrogens is 448 g/mol. The van der Waals surface area contributed by atoms with Crippen LogP contribution >= 0.6 is 0 Å². The third-order valence-corrected chi connectivity index (χ3v) is 7.91. The second-order valence-electron chi connectivity index (χ2n) is 10.5. The van der Waals surface area contributed by atoms with Gasteiger partial charge in [-0.3, -0.25) is 9.69 Å². The SMILES string of the molecule is Cc1c(O)cccc1OC1CCN(C(C)(C)CCC(C(N)=O)(c2ccccc2)c2ccccc2)CC1. The van der Waals surface area contributed by atoms with Crippen molar-refractivity contribution in [3.8, 4) is 11.5 Å². The molecule has 3 aromatic rings. The Hall–Kier alpha value is -3.31. The molecule has 1 saturated heterocycles. The maximum Gasteiger partial charge on any atom is 0.232 e. The molecule has 0 radical (unpaired) electrons. The molecule has 5 nitrogen and oxygen atoms in total. The Kier molecular flexibility index (Phi) is 7.70. The molecule has 1 aliphatic heterocycles. The number of primary amides is 1. The van der Waals surface area contributed by atoms with Gasteiger partial charge in [-0.25, -0.2) is 0 Å². The van der Waals surface area contributed by atoms with Crippen LogP contribution in [0, 0.1) is 6.92 Å². The molecule has 190 valence electrons. The van der Waals surface area contributed by atoms with Crippen LogP contribution in [0.1, 0.15) is 56.2 Å². The van der Waals surface area contributed by atoms with Gasteiger partial charge in [-0.15, -0.1) is 0 Å². The van der Waals surface area contributed by atoms with E-state index in [4.69, 9.17) is 10.5 Å². The van der Waals surface area contributed by atoms with Gasteiger partial charge in [0, 0.05) is 24.2 Å². The zero-order chi connectivity index (χ0) is 25.8. The number of likely N-dealkylation sites (tertiary alicyclic amines) is 1. The molecule has 0 aliphatic carbocycles. The standard InChI is InChI=1S/C31H38N2O3/c1-23-27(34)15-10-16-28(23)36-26-17-21-33(22-18-26)30(2,3)19-20-31(29(32)35,24-11-6-4-7-12-24)25-13-8-5-9-14-25/h4-16,26,34H,17-22H2,1-3H3,(H2,32,35). The lowest BCUT2D eigenvalue weighted by atomic mass is 9.69. The number of carbonyl (C=O) groups is 1. The second-order valence-corrected chi connectivity index (χ2v) is 10.5. The normalized spacial score (nSPS) is 15.5. The van der Waals surface area contributed by atoms with E-state index in [1.165, 1.54) is 0 Å². The largest absolute Gasteiger partial charge is 0.508 e. The first-order valence-corrected chi connectivity index (χ1v) is 12.9. The summed E-state index contributed by atoms with van der Waals surface area (Å²) in [6.45, 7) is 8.23. The number of rotatable bonds is 9. The topological polar surface area (TPSA) is 75.8 Å². The van der Waals surface area contributed by atoms with Crippen molar-refractivity contribution in [2.24, 2.45) is 5.73 Å². The van der Waals surface area contributed by atoms with Crippen molar-refractivity contribution in [2.45, 2.75) is 63.5 Å². The van der Waals surface area contributed by atoms with Gasteiger partial charge in [-0.1, -0.05) is 66.7 Å². The number of amides is 1. The highest BCUT2D eigenvalue weighted by atomic mass is 16.5. The summed E-state index contributed by atoms with van der Waals surface area (Å²) in [7, 11) is 0. The molecule has 1 amide bonds. The number of nitrogens with two attached hydrogens (primary N) is 1. The van der Waals surface area contributed by atoms with Crippen LogP contribution in [0.25, 0.3) is 0 Å². The molecule has 5 heteroatoms. The number of aromatic hydroxyl groups is 1. The fourth-order valence-corrected chi connectivity index (χ4v) is 5.45. The van der Waals surface area contributed by atoms with Crippen LogP contribution in [0.5, 0.6) is 11.5 Å². The van der Waals surface area contributed by atoms with Crippen molar-refractivity contribution < 1.29 is 14.6 Å². The van der Waals surface area contributed by atoms with E-state index in [1.54, 1.807) is 6.07 Å². The number of phenolic OH excluding ortho intramolecular Hbond substituents is 1. The Morgan fingerprint density at radius 1 is 0.917 bits per heavy atom. The summed E-state index contributed by atoms with van der Waals surface area (Å²) in [5.41, 5.74) is 7.83. The van der Waals surface area contributed by atoms with Crippen LogP contribution in [0.3, 0.4) is 0 Å². The summed E-state index contributed by atoms with van der Waals surface area (Å²) in [4.78, 5) is 15.7. The number of ether oxygens (including phenoxy) is 1. The van der Waals surface area contributed by atoms with Crippen LogP contribution in [-0.4, -0.2) is 40.6 Å². The molecule has 1 heterocycles. The van der Waals surface area contributed by atoms with Gasteiger partial charge in [0.25, 0.3) is 0 Å². The zero-order valence-electron chi connectivity index (χ0n) is 21.6. The number of hydrogen-bond acceptors (Lipinski definition) is 4. The van der Waals surface area contributed by atoms with Crippen molar-refractivity contribution in [1.29, 1.82) is 0 Å². The number of phenols is 1. The van der Waals surface area contributed by atoms with Gasteiger partial charge < -0.3 is 15.6 Å². The van der Waals surface area contributed by atoms with Gasteiger partial charge in [0.05, 0.1) is 5.41 Å². The molecule has 0 bridgehead atoms. The fraction of sp³-hybridized carbons (Fsp3) is 0.387. The van der Waals surface area contributed by atoms with Gasteiger partial charge in [0.2, 0.25) is 5.91 Å². The summed E-state index contributed by atoms with van der Waals surface area (Å²) >= 11 is 0. The zero-order valence-corrected chi connectivity index (χ0v) is 21.6. The predicted molar refractivity (Wildman–Crippen MR) is 144 cm³/mol. The average molecular weight is 487 g/mol. The summed E-state index contributed by atoms with van der Waals surface area (Å²) in [5.74, 6) is 0.704. The number of nitrogens with zero attached hydrogens (tertiary/aromatic N) is 1. The maximum absolute atomic E-state index is 13.2. The van der Waals surface area contributed by atoms with Crippen molar-refractivity contribution in [1.82, 2.24) is 4.90 Å². The third kappa shape index (κ3) is 5.26. The van der Waals surface area contributed by atoms with Crippen LogP contribution in [0.2, 0.25) is 0 Å². The number of benzene rings is 3. The molecule has 1 fully saturated rings. The van der Waals surface area contributed by atoms with E-state index in [-0.39, 0.29) is 23.3 Å². The number of hydrogen-bond donors (Lipinski definition) is 2. The number of carbonyl (C=O) groups excluding carboxylic acids is 1. The lowest BCUT2D eigenvalue weighted by Gasteiger charge is -2.44. The highest BCUT2D eigenvalue weighted by molar-refractivity contribution is 5.90. The van der Waals surface area contributed by atoms with E-state index >= 15 is 0 Å². The summed E-state index contributed by atoms with van der Waals surface area (Å²) in [6, 6.07) is 25.3. The minimum atomic E-state index is -0.881. The third-order valence-electron chi connectivity index (χ3n) is 7.91. The summed E-state index contributed by atoms with van der Waals surface area (Å²) in [5, 5.41) is 9.99. The highest BCUT2D eigenvalue weighted by Crippen LogP contribution is 2.40. The molecule has 1 aliphatic rings. The average Bonchev–Trinajstić information content (AvgIpc) is 2.88. The van der Waals surface area contributed by atoms with Gasteiger partial charge in [0.1, 0.15) is 17.6 Å². The van der Waals surface area contributed by atoms with Crippen LogP contribution in [-0.2, 0) is 10.2 Å². The van der Waals surface area contributed by atoms with E-state index < -0.39 is 5.41 Å². The van der Waals surface area contributed by atoms with Crippen LogP contribution in [0.15, 0.2) is 78.9 Å². The van der Waals surface area contributed by atoms with Gasteiger partial charge in [0.15, 0.2) is 0 Å². The summed E-state index contributed by atoms with van der Waals surface area (Å²) < 4.78 is 6.24. The predicted octanol–water partition coefficient (Wildman–Crippen LogP) is 5.57. The maximum atomic E-state index is 13.2. The first kappa shape index (κ1) is 25.8. The molecule has 0 aromatic heterocycles. The Balaban J connectivity index is 1.48. The minimum Gasteiger partial charge on any atom is -0.508 e. The lowest BCUT2D eigenvalue weighted by Crippen LogP contribution is -2.51. The molecule has 36 heavy (non-hydrogen) atoms. The molecule has 3 N–H and O–H groups in total. The van der Waals surface area contributed by atoms with E-state index in [2.05, 4.69) is 18.7 Å². The molecule has 0 spiro atoms. The van der Waals surface area contributed by atoms with Crippen LogP contribution in [0.4, 0.5) is 0 Å². The van der Waals surface area contributed by atoms with E-state index in [0.717, 1.165) is 54.8 Å². The first-order chi connectivity index (χ1) is 17.2. The van der Waals surface area contributed by atoms with Crippen LogP contribution < -0.4 is 10.5 Å². The monoisotopic (exact) mass is 486 g/mol. The van der Waals surface area contributed by atoms with Gasteiger partial charge in [-0.2, -0.15) is 0 Å². The van der Waals surface area contributed by atoms with E-state index in [0.29, 0.717) is 6.42 Å². The Bertz CT molecular complexity index is 1110. The summed E-state index contributed by atoms with van der Waals surface area (Å²) in [6.07, 6.45) is 3.39. The molecule has 0 saturated carbocycles. The first-order valence-electron chi connectivity index (χ1n) is 12.9. The molecule has 4 rings (SSSR count). The second kappa shape index (κ2) is 10.8. The van der Waals surface area contributed by atoms with E-state index in [1.807, 2.05) is 79.7 Å². The van der Waals surface area contributed by atoms with Crippen molar-refractivity contribution in [3.63, 3.8) is 0 Å². The quantitative estimate of drug-likeness (QED) is 0.414. The van der Waals surface area contributed by atoms with Gasteiger partial charge in [-0.05, 0) is 69.7 Å². The fourth-order valence-electron chi connectivity index (χ4n) is 5.45. The smallest absolute Gasteiger partial charge is 0.232 e. The minimum absolute atomic E-state index is 0.115. The Morgan fingerprint density at radius 2 is 1.47 bits per heavy atom. The van der Waals surface area contributed by atoms with Crippen molar-refractivity contribution in [3.05, 3.63) is 95.6 Å². The molecular formula is C31H38N2O3. The Morgan fingerprint density at radius 3 is 2.00 bits per heavy atom. The molecule has 3 aromatic carbocycles. The van der Waals surface area contributed by atoms with Gasteiger partial charge >= 0.3 is 0 Å². The lowest BCUT2D eigenvalue weighted by molar-refractivity contribution is -0.122. The highest BCUT2D eigenvalue weighted by Gasteiger charge is 2.42. The van der Waals surface area contributed by atoms with E-state index in [9.17, 15) is 9.90 Å². The molecule has 0 atom stereocenters. The van der Waals surface area contributed by atoms with Crippen molar-refractivity contribution in [2.75, 3.05) is 13.1 Å². The Labute approximate surface area is 214 Å². The molecule has 0 unspecified atom stereocenters. The number of piperidine rings is 1.